The van der Waals surface area contributed by atoms with Crippen molar-refractivity contribution in [3.05, 3.63) is 11.6 Å². The van der Waals surface area contributed by atoms with Gasteiger partial charge in [0.05, 0.1) is 0 Å². The lowest BCUT2D eigenvalue weighted by Gasteiger charge is -2.10. The van der Waals surface area contributed by atoms with E-state index in [2.05, 4.69) is 29.0 Å². The molecule has 0 aliphatic heterocycles. The minimum Gasteiger partial charge on any atom is -0.327 e. The van der Waals surface area contributed by atoms with Crippen LogP contribution in [0.3, 0.4) is 0 Å². The number of nitrogens with one attached hydrogen (secondary N) is 1. The van der Waals surface area contributed by atoms with E-state index in [4.69, 9.17) is 5.73 Å². The fraction of sp³-hybridized carbons (Fsp3) is 0.800. The Labute approximate surface area is 84.3 Å². The zero-order valence-electron chi connectivity index (χ0n) is 8.83. The number of aromatic nitrogens is 3. The van der Waals surface area contributed by atoms with Gasteiger partial charge in [0, 0.05) is 17.9 Å². The molecule has 4 nitrogen and oxygen atoms in total. The average Bonchev–Trinajstić information content (AvgIpc) is 2.71. The molecule has 2 atom stereocenters. The topological polar surface area (TPSA) is 67.6 Å². The van der Waals surface area contributed by atoms with Gasteiger partial charge in [-0.05, 0) is 12.8 Å². The first-order valence-electron chi connectivity index (χ1n) is 5.36. The average molecular weight is 194 g/mol. The molecule has 0 spiro atoms. The molecule has 3 N–H and O–H groups in total. The zero-order valence-corrected chi connectivity index (χ0v) is 8.83. The molecule has 1 fully saturated rings. The second-order valence-electron chi connectivity index (χ2n) is 4.43. The first-order chi connectivity index (χ1) is 6.68. The van der Waals surface area contributed by atoms with Crippen LogP contribution in [0.1, 0.15) is 56.6 Å². The van der Waals surface area contributed by atoms with Crippen LogP contribution >= 0.6 is 0 Å². The van der Waals surface area contributed by atoms with Crippen molar-refractivity contribution in [2.24, 2.45) is 5.73 Å². The number of nitrogens with zero attached hydrogens (tertiary/aromatic N) is 2. The van der Waals surface area contributed by atoms with E-state index in [1.807, 2.05) is 0 Å². The summed E-state index contributed by atoms with van der Waals surface area (Å²) in [7, 11) is 0. The summed E-state index contributed by atoms with van der Waals surface area (Å²) in [6, 6.07) is 0.267. The largest absolute Gasteiger partial charge is 0.327 e. The number of hydrogen-bond donors (Lipinski definition) is 2. The van der Waals surface area contributed by atoms with Gasteiger partial charge in [0.25, 0.3) is 0 Å². The lowest BCUT2D eigenvalue weighted by Crippen LogP contribution is -2.23. The predicted molar refractivity (Wildman–Crippen MR) is 55.0 cm³/mol. The normalized spacial score (nSPS) is 27.4. The van der Waals surface area contributed by atoms with Gasteiger partial charge in [-0.25, -0.2) is 4.98 Å². The monoisotopic (exact) mass is 194 g/mol. The number of rotatable bonds is 2. The molecule has 0 bridgehead atoms. The van der Waals surface area contributed by atoms with Gasteiger partial charge < -0.3 is 5.73 Å². The first kappa shape index (κ1) is 9.65. The minimum atomic E-state index is 0.267. The Hall–Kier alpha value is -0.900. The molecule has 1 saturated carbocycles. The number of aromatic amines is 1. The van der Waals surface area contributed by atoms with Crippen molar-refractivity contribution < 1.29 is 0 Å². The highest BCUT2D eigenvalue weighted by Gasteiger charge is 2.28. The Morgan fingerprint density at radius 2 is 2.21 bits per heavy atom. The molecule has 0 aromatic carbocycles. The molecule has 2 rings (SSSR count). The van der Waals surface area contributed by atoms with Gasteiger partial charge in [0.2, 0.25) is 0 Å². The zero-order chi connectivity index (χ0) is 10.1. The van der Waals surface area contributed by atoms with Gasteiger partial charge in [-0.1, -0.05) is 20.3 Å². The number of hydrogen-bond acceptors (Lipinski definition) is 3. The molecule has 14 heavy (non-hydrogen) atoms. The van der Waals surface area contributed by atoms with Gasteiger partial charge in [-0.2, -0.15) is 5.10 Å². The smallest absolute Gasteiger partial charge is 0.153 e. The molecule has 1 heterocycles. The van der Waals surface area contributed by atoms with E-state index in [0.717, 1.165) is 24.5 Å². The van der Waals surface area contributed by atoms with Crippen LogP contribution in [0.5, 0.6) is 0 Å². The van der Waals surface area contributed by atoms with Crippen LogP contribution < -0.4 is 5.73 Å². The van der Waals surface area contributed by atoms with E-state index in [1.165, 1.54) is 6.42 Å². The Morgan fingerprint density at radius 3 is 2.71 bits per heavy atom. The Bertz CT molecular complexity index is 305. The fourth-order valence-corrected chi connectivity index (χ4v) is 2.04. The van der Waals surface area contributed by atoms with Crippen molar-refractivity contribution in [2.45, 2.75) is 51.0 Å². The third-order valence-electron chi connectivity index (χ3n) is 2.96. The summed E-state index contributed by atoms with van der Waals surface area (Å²) in [6.45, 7) is 4.20. The lowest BCUT2D eigenvalue weighted by atomic mass is 10.0. The standard InChI is InChI=1S/C10H18N4/c1-6(2)9-12-10(14-13-9)7-4-3-5-8(7)11/h6-8H,3-5,11H2,1-2H3,(H,12,13,14)/t7-,8+/m1/s1. The molecule has 0 amide bonds. The van der Waals surface area contributed by atoms with Gasteiger partial charge in [0.1, 0.15) is 5.82 Å². The summed E-state index contributed by atoms with van der Waals surface area (Å²) in [5, 5.41) is 7.22. The molecular formula is C10H18N4. The molecule has 1 aromatic rings. The van der Waals surface area contributed by atoms with Gasteiger partial charge in [-0.15, -0.1) is 0 Å². The van der Waals surface area contributed by atoms with Crippen LogP contribution in [0.25, 0.3) is 0 Å². The third kappa shape index (κ3) is 1.66. The fourth-order valence-electron chi connectivity index (χ4n) is 2.04. The quantitative estimate of drug-likeness (QED) is 0.750. The highest BCUT2D eigenvalue weighted by molar-refractivity contribution is 5.06. The number of H-pyrrole nitrogens is 1. The van der Waals surface area contributed by atoms with Gasteiger partial charge in [0.15, 0.2) is 5.82 Å². The second-order valence-corrected chi connectivity index (χ2v) is 4.43. The van der Waals surface area contributed by atoms with E-state index < -0.39 is 0 Å². The highest BCUT2D eigenvalue weighted by atomic mass is 15.2. The summed E-state index contributed by atoms with van der Waals surface area (Å²) in [5.74, 6) is 2.67. The summed E-state index contributed by atoms with van der Waals surface area (Å²) >= 11 is 0. The van der Waals surface area contributed by atoms with Crippen LogP contribution in [0.4, 0.5) is 0 Å². The van der Waals surface area contributed by atoms with Crippen LogP contribution in [-0.4, -0.2) is 21.2 Å². The van der Waals surface area contributed by atoms with E-state index in [-0.39, 0.29) is 6.04 Å². The molecule has 78 valence electrons. The minimum absolute atomic E-state index is 0.267. The SMILES string of the molecule is CC(C)c1n[nH]c([C@@H]2CCC[C@@H]2N)n1. The molecule has 0 unspecified atom stereocenters. The molecule has 1 aliphatic rings. The molecule has 0 radical (unpaired) electrons. The van der Waals surface area contributed by atoms with Crippen molar-refractivity contribution >= 4 is 0 Å². The predicted octanol–water partition coefficient (Wildman–Crippen LogP) is 1.52. The molecule has 1 aromatic heterocycles. The van der Waals surface area contributed by atoms with E-state index in [9.17, 15) is 0 Å². The maximum atomic E-state index is 6.01. The second kappa shape index (κ2) is 3.69. The third-order valence-corrected chi connectivity index (χ3v) is 2.96. The van der Waals surface area contributed by atoms with Crippen molar-refractivity contribution in [1.82, 2.24) is 15.2 Å². The van der Waals surface area contributed by atoms with Crippen molar-refractivity contribution in [1.29, 1.82) is 0 Å². The number of nitrogens with two attached hydrogens (primary N) is 1. The van der Waals surface area contributed by atoms with Crippen LogP contribution in [0.2, 0.25) is 0 Å². The first-order valence-corrected chi connectivity index (χ1v) is 5.36. The van der Waals surface area contributed by atoms with Crippen LogP contribution in [0.15, 0.2) is 0 Å². The maximum absolute atomic E-state index is 6.01. The summed E-state index contributed by atoms with van der Waals surface area (Å²) in [4.78, 5) is 4.50. The lowest BCUT2D eigenvalue weighted by molar-refractivity contribution is 0.582. The maximum Gasteiger partial charge on any atom is 0.153 e. The van der Waals surface area contributed by atoms with Gasteiger partial charge >= 0.3 is 0 Å². The van der Waals surface area contributed by atoms with E-state index >= 15 is 0 Å². The molecule has 4 heteroatoms. The Morgan fingerprint density at radius 1 is 1.43 bits per heavy atom. The van der Waals surface area contributed by atoms with E-state index in [0.29, 0.717) is 11.8 Å². The van der Waals surface area contributed by atoms with Crippen molar-refractivity contribution in [2.75, 3.05) is 0 Å². The molecule has 1 aliphatic carbocycles. The Balaban J connectivity index is 2.16. The summed E-state index contributed by atoms with van der Waals surface area (Å²) in [5.41, 5.74) is 6.01. The van der Waals surface area contributed by atoms with Gasteiger partial charge in [-0.3, -0.25) is 5.10 Å². The van der Waals surface area contributed by atoms with Crippen molar-refractivity contribution in [3.8, 4) is 0 Å². The van der Waals surface area contributed by atoms with Crippen molar-refractivity contribution in [3.63, 3.8) is 0 Å². The summed E-state index contributed by atoms with van der Waals surface area (Å²) < 4.78 is 0. The van der Waals surface area contributed by atoms with Crippen LogP contribution in [0, 0.1) is 0 Å². The van der Waals surface area contributed by atoms with Crippen LogP contribution in [-0.2, 0) is 0 Å². The Kier molecular flexibility index (Phi) is 2.54. The molecule has 0 saturated heterocycles. The highest BCUT2D eigenvalue weighted by Crippen LogP contribution is 2.31. The van der Waals surface area contributed by atoms with E-state index in [1.54, 1.807) is 0 Å². The summed E-state index contributed by atoms with van der Waals surface area (Å²) in [6.07, 6.45) is 3.47. The molecular weight excluding hydrogens is 176 g/mol.